The van der Waals surface area contributed by atoms with Crippen molar-refractivity contribution in [2.24, 2.45) is 0 Å². The molecule has 0 aliphatic heterocycles. The maximum absolute atomic E-state index is 8.92. The van der Waals surface area contributed by atoms with Gasteiger partial charge < -0.3 is 11.5 Å². The molecule has 0 aliphatic rings. The van der Waals surface area contributed by atoms with Gasteiger partial charge in [-0.3, -0.25) is 0 Å². The van der Waals surface area contributed by atoms with Crippen molar-refractivity contribution < 1.29 is 16.5 Å². The van der Waals surface area contributed by atoms with E-state index < -0.39 is 0 Å². The summed E-state index contributed by atoms with van der Waals surface area (Å²) < 4.78 is 0. The van der Waals surface area contributed by atoms with Crippen molar-refractivity contribution in [2.45, 2.75) is 83.1 Å². The van der Waals surface area contributed by atoms with Crippen molar-refractivity contribution in [3.05, 3.63) is 163 Å². The molecule has 6 aromatic carbocycles. The zero-order chi connectivity index (χ0) is 36.6. The van der Waals surface area contributed by atoms with Gasteiger partial charge in [-0.1, -0.05) is 107 Å². The molecule has 0 radical (unpaired) electrons. The van der Waals surface area contributed by atoms with Gasteiger partial charge in [-0.2, -0.15) is 0 Å². The summed E-state index contributed by atoms with van der Waals surface area (Å²) in [6.45, 7) is 25.6. The maximum atomic E-state index is 8.92. The first-order valence-corrected chi connectivity index (χ1v) is 17.6. The second kappa shape index (κ2) is 15.8. The van der Waals surface area contributed by atoms with Crippen LogP contribution in [0.25, 0.3) is 56.0 Å². The SMILES string of the molecule is Cc1cc(C)c(-c2cccc(-c3c(C)cc(C)cc3C)c2[NH-])c(C)c1.Cc1cc(C)c(-c2cccc(-c3c(C)cc(C)cc3C)c2[NH-])c(C)c1.[Ni+2]. The number of aryl methyl sites for hydroxylation is 12. The van der Waals surface area contributed by atoms with Crippen molar-refractivity contribution in [1.82, 2.24) is 0 Å². The van der Waals surface area contributed by atoms with Crippen molar-refractivity contribution in [1.29, 1.82) is 0 Å². The summed E-state index contributed by atoms with van der Waals surface area (Å²) in [6.07, 6.45) is 0. The van der Waals surface area contributed by atoms with Crippen LogP contribution in [0, 0.1) is 83.1 Å². The van der Waals surface area contributed by atoms with Gasteiger partial charge >= 0.3 is 16.5 Å². The first kappa shape index (κ1) is 39.2. The summed E-state index contributed by atoms with van der Waals surface area (Å²) >= 11 is 0. The van der Waals surface area contributed by atoms with E-state index in [2.05, 4.69) is 168 Å². The fourth-order valence-electron chi connectivity index (χ4n) is 8.36. The number of nitrogens with one attached hydrogen (secondary N) is 2. The second-order valence-corrected chi connectivity index (χ2v) is 14.6. The molecule has 0 aliphatic carbocycles. The van der Waals surface area contributed by atoms with Crippen LogP contribution in [0.5, 0.6) is 0 Å². The minimum atomic E-state index is 0. The Balaban J connectivity index is 0.000000224. The molecule has 6 aromatic rings. The number of rotatable bonds is 4. The van der Waals surface area contributed by atoms with E-state index in [0.29, 0.717) is 11.4 Å². The fourth-order valence-corrected chi connectivity index (χ4v) is 8.36. The summed E-state index contributed by atoms with van der Waals surface area (Å²) in [4.78, 5) is 0. The Hall–Kier alpha value is -4.59. The van der Waals surface area contributed by atoms with Crippen LogP contribution in [0.3, 0.4) is 0 Å². The van der Waals surface area contributed by atoms with Crippen molar-refractivity contribution in [3.8, 4) is 44.5 Å². The quantitative estimate of drug-likeness (QED) is 0.163. The van der Waals surface area contributed by atoms with Crippen LogP contribution in [-0.2, 0) is 16.5 Å². The smallest absolute Gasteiger partial charge is 0.698 e. The minimum Gasteiger partial charge on any atom is -0.698 e. The molecular formula is C48H52N2Ni. The Kier molecular flexibility index (Phi) is 12.1. The first-order valence-electron chi connectivity index (χ1n) is 17.6. The predicted molar refractivity (Wildman–Crippen MR) is 219 cm³/mol. The van der Waals surface area contributed by atoms with Crippen LogP contribution in [0.4, 0.5) is 11.4 Å². The van der Waals surface area contributed by atoms with Gasteiger partial charge in [0, 0.05) is 0 Å². The van der Waals surface area contributed by atoms with Gasteiger partial charge in [-0.05, 0) is 172 Å². The van der Waals surface area contributed by atoms with E-state index in [1.807, 2.05) is 0 Å². The van der Waals surface area contributed by atoms with Gasteiger partial charge in [0.05, 0.1) is 0 Å². The average molecular weight is 716 g/mol. The molecule has 0 amide bonds. The molecule has 0 heterocycles. The zero-order valence-corrected chi connectivity index (χ0v) is 33.4. The normalized spacial score (nSPS) is 10.7. The number of hydrogen-bond acceptors (Lipinski definition) is 0. The molecule has 0 saturated carbocycles. The molecule has 0 bridgehead atoms. The third-order valence-electron chi connectivity index (χ3n) is 9.91. The third-order valence-corrected chi connectivity index (χ3v) is 9.91. The Bertz CT molecular complexity index is 1850. The van der Waals surface area contributed by atoms with Crippen molar-refractivity contribution in [2.75, 3.05) is 0 Å². The average Bonchev–Trinajstić information content (AvgIpc) is 2.99. The van der Waals surface area contributed by atoms with Crippen LogP contribution >= 0.6 is 0 Å². The van der Waals surface area contributed by atoms with E-state index in [1.165, 1.54) is 89.0 Å². The summed E-state index contributed by atoms with van der Waals surface area (Å²) in [6, 6.07) is 30.1. The van der Waals surface area contributed by atoms with E-state index in [9.17, 15) is 0 Å². The topological polar surface area (TPSA) is 47.6 Å². The fraction of sp³-hybridized carbons (Fsp3) is 0.250. The van der Waals surface area contributed by atoms with E-state index in [4.69, 9.17) is 11.5 Å². The summed E-state index contributed by atoms with van der Waals surface area (Å²) in [5.74, 6) is 0. The second-order valence-electron chi connectivity index (χ2n) is 14.6. The Labute approximate surface area is 317 Å². The number of hydrogen-bond donors (Lipinski definition) is 0. The molecule has 3 heteroatoms. The predicted octanol–water partition coefficient (Wildman–Crippen LogP) is 15.1. The standard InChI is InChI=1S/2C24H26N.Ni/c2*1-14-10-16(3)22(17(4)11-14)20-8-7-9-21(24(20)25)23-18(5)12-15(2)13-19(23)6;/h2*7-13,25H,1-6H3;/q2*-1;+2. The Morgan fingerprint density at radius 2 is 0.451 bits per heavy atom. The van der Waals surface area contributed by atoms with Crippen LogP contribution in [0.1, 0.15) is 66.8 Å². The molecule has 0 fully saturated rings. The largest absolute Gasteiger partial charge is 2.00 e. The van der Waals surface area contributed by atoms with Crippen LogP contribution in [0.2, 0.25) is 0 Å². The van der Waals surface area contributed by atoms with E-state index >= 15 is 0 Å². The van der Waals surface area contributed by atoms with E-state index in [1.54, 1.807) is 0 Å². The Morgan fingerprint density at radius 3 is 0.608 bits per heavy atom. The van der Waals surface area contributed by atoms with Crippen LogP contribution in [-0.4, -0.2) is 0 Å². The minimum absolute atomic E-state index is 0. The number of benzene rings is 6. The molecule has 0 aromatic heterocycles. The van der Waals surface area contributed by atoms with Crippen molar-refractivity contribution >= 4 is 11.4 Å². The summed E-state index contributed by atoms with van der Waals surface area (Å²) in [5, 5.41) is 0. The van der Waals surface area contributed by atoms with Gasteiger partial charge in [-0.15, -0.1) is 11.4 Å². The molecule has 0 spiro atoms. The molecule has 0 saturated heterocycles. The Morgan fingerprint density at radius 1 is 0.294 bits per heavy atom. The van der Waals surface area contributed by atoms with Crippen molar-refractivity contribution in [3.63, 3.8) is 0 Å². The first-order chi connectivity index (χ1) is 23.6. The molecule has 0 atom stereocenters. The van der Waals surface area contributed by atoms with Crippen LogP contribution < -0.4 is 0 Å². The van der Waals surface area contributed by atoms with Crippen LogP contribution in [0.15, 0.2) is 84.9 Å². The van der Waals surface area contributed by atoms with Gasteiger partial charge in [0.1, 0.15) is 0 Å². The molecule has 264 valence electrons. The van der Waals surface area contributed by atoms with E-state index in [0.717, 1.165) is 22.3 Å². The van der Waals surface area contributed by atoms with Gasteiger partial charge in [0.25, 0.3) is 0 Å². The van der Waals surface area contributed by atoms with Gasteiger partial charge in [-0.25, -0.2) is 0 Å². The van der Waals surface area contributed by atoms with Gasteiger partial charge in [0.2, 0.25) is 0 Å². The summed E-state index contributed by atoms with van der Waals surface area (Å²) in [7, 11) is 0. The molecule has 2 N–H and O–H groups in total. The molecule has 6 rings (SSSR count). The summed E-state index contributed by atoms with van der Waals surface area (Å²) in [5.41, 5.74) is 42.9. The molecule has 51 heavy (non-hydrogen) atoms. The third kappa shape index (κ3) is 8.00. The zero-order valence-electron chi connectivity index (χ0n) is 32.4. The molecule has 0 unspecified atom stereocenters. The molecule has 2 nitrogen and oxygen atoms in total. The molecular weight excluding hydrogens is 663 g/mol. The van der Waals surface area contributed by atoms with Gasteiger partial charge in [0.15, 0.2) is 0 Å². The maximum Gasteiger partial charge on any atom is 2.00 e. The van der Waals surface area contributed by atoms with E-state index in [-0.39, 0.29) is 16.5 Å². The monoisotopic (exact) mass is 714 g/mol.